The van der Waals surface area contributed by atoms with E-state index >= 15 is 0 Å². The summed E-state index contributed by atoms with van der Waals surface area (Å²) in [5, 5.41) is 10.9. The summed E-state index contributed by atoms with van der Waals surface area (Å²) >= 11 is 1.50. The Labute approximate surface area is 151 Å². The first-order valence-corrected chi connectivity index (χ1v) is 8.53. The summed E-state index contributed by atoms with van der Waals surface area (Å²) in [6.07, 6.45) is 0. The van der Waals surface area contributed by atoms with E-state index < -0.39 is 17.7 Å². The average Bonchev–Trinajstić information content (AvgIpc) is 3.14. The molecule has 0 radical (unpaired) electrons. The van der Waals surface area contributed by atoms with Crippen LogP contribution < -0.4 is 16.2 Å². The molecule has 0 unspecified atom stereocenters. The van der Waals surface area contributed by atoms with Gasteiger partial charge in [-0.15, -0.1) is 11.3 Å². The van der Waals surface area contributed by atoms with Crippen molar-refractivity contribution in [1.82, 2.24) is 15.1 Å². The minimum absolute atomic E-state index is 0.107. The van der Waals surface area contributed by atoms with Gasteiger partial charge in [-0.25, -0.2) is 18.3 Å². The Morgan fingerprint density at radius 1 is 1.19 bits per heavy atom. The summed E-state index contributed by atoms with van der Waals surface area (Å²) < 4.78 is 27.6. The van der Waals surface area contributed by atoms with Gasteiger partial charge in [-0.3, -0.25) is 4.79 Å². The highest BCUT2D eigenvalue weighted by atomic mass is 32.1. The van der Waals surface area contributed by atoms with Crippen LogP contribution in [-0.2, 0) is 6.54 Å². The average molecular weight is 376 g/mol. The van der Waals surface area contributed by atoms with Crippen molar-refractivity contribution in [2.75, 3.05) is 11.9 Å². The van der Waals surface area contributed by atoms with E-state index in [9.17, 15) is 18.4 Å². The van der Waals surface area contributed by atoms with Crippen LogP contribution in [0.1, 0.15) is 0 Å². The standard InChI is InChI=1S/C17H14F2N4O2S/c18-11-3-4-13(12(19)10-11)21-17(25)20-7-8-23-16(24)6-5-14(22-23)15-2-1-9-26-15/h1-6,9-10H,7-8H2,(H2,20,21,25). The fourth-order valence-corrected chi connectivity index (χ4v) is 2.89. The van der Waals surface area contributed by atoms with Crippen molar-refractivity contribution in [3.63, 3.8) is 0 Å². The number of carbonyl (C=O) groups is 1. The largest absolute Gasteiger partial charge is 0.336 e. The minimum atomic E-state index is -0.873. The molecule has 26 heavy (non-hydrogen) atoms. The zero-order valence-corrected chi connectivity index (χ0v) is 14.2. The van der Waals surface area contributed by atoms with E-state index in [4.69, 9.17) is 0 Å². The second kappa shape index (κ2) is 7.87. The number of nitrogens with one attached hydrogen (secondary N) is 2. The number of anilines is 1. The molecule has 2 N–H and O–H groups in total. The lowest BCUT2D eigenvalue weighted by Gasteiger charge is -2.09. The van der Waals surface area contributed by atoms with Crippen LogP contribution in [0, 0.1) is 11.6 Å². The number of benzene rings is 1. The van der Waals surface area contributed by atoms with Crippen molar-refractivity contribution in [1.29, 1.82) is 0 Å². The smallest absolute Gasteiger partial charge is 0.319 e. The van der Waals surface area contributed by atoms with Crippen LogP contribution in [0.5, 0.6) is 0 Å². The van der Waals surface area contributed by atoms with E-state index in [1.54, 1.807) is 6.07 Å². The lowest BCUT2D eigenvalue weighted by atomic mass is 10.3. The van der Waals surface area contributed by atoms with E-state index in [1.807, 2.05) is 17.5 Å². The topological polar surface area (TPSA) is 76.0 Å². The summed E-state index contributed by atoms with van der Waals surface area (Å²) in [7, 11) is 0. The minimum Gasteiger partial charge on any atom is -0.336 e. The summed E-state index contributed by atoms with van der Waals surface area (Å²) in [6, 6.07) is 9.01. The molecular weight excluding hydrogens is 362 g/mol. The van der Waals surface area contributed by atoms with E-state index in [2.05, 4.69) is 15.7 Å². The van der Waals surface area contributed by atoms with Gasteiger partial charge < -0.3 is 10.6 Å². The number of hydrogen-bond donors (Lipinski definition) is 2. The highest BCUT2D eigenvalue weighted by Gasteiger charge is 2.08. The molecular formula is C17H14F2N4O2S. The molecule has 0 aliphatic carbocycles. The lowest BCUT2D eigenvalue weighted by Crippen LogP contribution is -2.34. The van der Waals surface area contributed by atoms with Crippen LogP contribution in [-0.4, -0.2) is 22.4 Å². The van der Waals surface area contributed by atoms with Gasteiger partial charge in [-0.1, -0.05) is 6.07 Å². The van der Waals surface area contributed by atoms with Gasteiger partial charge in [0, 0.05) is 18.7 Å². The normalized spacial score (nSPS) is 10.5. The maximum Gasteiger partial charge on any atom is 0.319 e. The third kappa shape index (κ3) is 4.31. The molecule has 134 valence electrons. The predicted molar refractivity (Wildman–Crippen MR) is 95.2 cm³/mol. The van der Waals surface area contributed by atoms with Gasteiger partial charge in [0.15, 0.2) is 0 Å². The van der Waals surface area contributed by atoms with Gasteiger partial charge >= 0.3 is 6.03 Å². The molecule has 0 saturated carbocycles. The first-order valence-electron chi connectivity index (χ1n) is 7.65. The second-order valence-electron chi connectivity index (χ2n) is 5.26. The van der Waals surface area contributed by atoms with Crippen molar-refractivity contribution in [3.8, 4) is 10.6 Å². The van der Waals surface area contributed by atoms with Crippen LogP contribution in [0.15, 0.2) is 52.6 Å². The molecule has 2 amide bonds. The van der Waals surface area contributed by atoms with Crippen LogP contribution in [0.2, 0.25) is 0 Å². The molecule has 6 nitrogen and oxygen atoms in total. The summed E-state index contributed by atoms with van der Waals surface area (Å²) in [6.45, 7) is 0.257. The Balaban J connectivity index is 1.58. The number of amides is 2. The molecule has 0 aliphatic rings. The Kier molecular flexibility index (Phi) is 5.37. The molecule has 2 aromatic heterocycles. The van der Waals surface area contributed by atoms with Crippen molar-refractivity contribution in [3.05, 3.63) is 69.8 Å². The van der Waals surface area contributed by atoms with Crippen LogP contribution in [0.4, 0.5) is 19.3 Å². The number of carbonyl (C=O) groups excluding carboxylic acids is 1. The summed E-state index contributed by atoms with van der Waals surface area (Å²) in [5.74, 6) is -1.61. The molecule has 0 saturated heterocycles. The van der Waals surface area contributed by atoms with Crippen LogP contribution in [0.25, 0.3) is 10.6 Å². The third-order valence-electron chi connectivity index (χ3n) is 3.43. The van der Waals surface area contributed by atoms with Crippen molar-refractivity contribution in [2.24, 2.45) is 0 Å². The van der Waals surface area contributed by atoms with E-state index in [0.29, 0.717) is 11.8 Å². The maximum absolute atomic E-state index is 13.5. The first-order chi connectivity index (χ1) is 12.5. The fraction of sp³-hybridized carbons (Fsp3) is 0.118. The zero-order chi connectivity index (χ0) is 18.5. The molecule has 1 aromatic carbocycles. The third-order valence-corrected chi connectivity index (χ3v) is 4.32. The molecule has 3 rings (SSSR count). The summed E-state index contributed by atoms with van der Waals surface area (Å²) in [5.41, 5.74) is 0.230. The Hall–Kier alpha value is -3.07. The molecule has 2 heterocycles. The number of urea groups is 1. The zero-order valence-electron chi connectivity index (χ0n) is 13.4. The van der Waals surface area contributed by atoms with Gasteiger partial charge in [0.2, 0.25) is 0 Å². The molecule has 0 aliphatic heterocycles. The monoisotopic (exact) mass is 376 g/mol. The van der Waals surface area contributed by atoms with Crippen LogP contribution in [0.3, 0.4) is 0 Å². The van der Waals surface area contributed by atoms with Crippen molar-refractivity contribution >= 4 is 23.1 Å². The predicted octanol–water partition coefficient (Wildman–Crippen LogP) is 3.07. The van der Waals surface area contributed by atoms with E-state index in [1.165, 1.54) is 22.1 Å². The number of nitrogens with zero attached hydrogens (tertiary/aromatic N) is 2. The van der Waals surface area contributed by atoms with Gasteiger partial charge in [-0.2, -0.15) is 5.10 Å². The molecule has 0 atom stereocenters. The molecule has 9 heteroatoms. The van der Waals surface area contributed by atoms with E-state index in [0.717, 1.165) is 17.0 Å². The number of aromatic nitrogens is 2. The van der Waals surface area contributed by atoms with Crippen molar-refractivity contribution in [2.45, 2.75) is 6.54 Å². The van der Waals surface area contributed by atoms with Crippen LogP contribution >= 0.6 is 11.3 Å². The lowest BCUT2D eigenvalue weighted by molar-refractivity contribution is 0.251. The molecule has 3 aromatic rings. The number of thiophene rings is 1. The second-order valence-corrected chi connectivity index (χ2v) is 6.21. The van der Waals surface area contributed by atoms with Gasteiger partial charge in [0.25, 0.3) is 5.56 Å². The highest BCUT2D eigenvalue weighted by Crippen LogP contribution is 2.21. The highest BCUT2D eigenvalue weighted by molar-refractivity contribution is 7.13. The molecule has 0 spiro atoms. The number of halogens is 2. The number of rotatable bonds is 5. The fourth-order valence-electron chi connectivity index (χ4n) is 2.20. The Morgan fingerprint density at radius 2 is 2.04 bits per heavy atom. The SMILES string of the molecule is O=C(NCCn1nc(-c2cccs2)ccc1=O)Nc1ccc(F)cc1F. The number of hydrogen-bond acceptors (Lipinski definition) is 4. The maximum atomic E-state index is 13.5. The Morgan fingerprint density at radius 3 is 2.77 bits per heavy atom. The van der Waals surface area contributed by atoms with Crippen molar-refractivity contribution < 1.29 is 13.6 Å². The first kappa shape index (κ1) is 17.7. The van der Waals surface area contributed by atoms with E-state index in [-0.39, 0.29) is 24.3 Å². The molecule has 0 bridgehead atoms. The Bertz CT molecular complexity index is 973. The molecule has 0 fully saturated rings. The quantitative estimate of drug-likeness (QED) is 0.719. The summed E-state index contributed by atoms with van der Waals surface area (Å²) in [4.78, 5) is 24.6. The van der Waals surface area contributed by atoms with Gasteiger partial charge in [0.05, 0.1) is 17.1 Å². The van der Waals surface area contributed by atoms with Gasteiger partial charge in [-0.05, 0) is 29.6 Å². The van der Waals surface area contributed by atoms with Gasteiger partial charge in [0.1, 0.15) is 17.3 Å².